The SMILES string of the molecule is [C-]#[N+]C([N+]#[C-])=c1nc2ccc3n/c(=C(\C#N)[N+]#[C-])oc3c2o1. The second-order valence-electron chi connectivity index (χ2n) is 3.92. The third-order valence-corrected chi connectivity index (χ3v) is 2.74. The average Bonchev–Trinajstić information content (AvgIpc) is 3.13. The molecule has 3 aromatic rings. The van der Waals surface area contributed by atoms with Crippen LogP contribution in [0, 0.1) is 31.0 Å². The lowest BCUT2D eigenvalue weighted by atomic mass is 10.3. The van der Waals surface area contributed by atoms with Gasteiger partial charge in [-0.25, -0.2) is 20.1 Å². The molecule has 0 aliphatic heterocycles. The predicted octanol–water partition coefficient (Wildman–Crippen LogP) is 1.42. The summed E-state index contributed by atoms with van der Waals surface area (Å²) < 4.78 is 10.8. The lowest BCUT2D eigenvalue weighted by molar-refractivity contribution is 0.530. The van der Waals surface area contributed by atoms with Gasteiger partial charge in [0.2, 0.25) is 5.55 Å². The first kappa shape index (κ1) is 12.9. The molecule has 0 aliphatic rings. The van der Waals surface area contributed by atoms with Gasteiger partial charge in [0.25, 0.3) is 0 Å². The maximum Gasteiger partial charge on any atom is 0.582 e. The normalized spacial score (nSPS) is 11.3. The van der Waals surface area contributed by atoms with Gasteiger partial charge in [-0.15, -0.1) is 9.69 Å². The molecule has 3 rings (SSSR count). The molecular weight excluding hydrogens is 284 g/mol. The van der Waals surface area contributed by atoms with Gasteiger partial charge in [0.15, 0.2) is 11.2 Å². The van der Waals surface area contributed by atoms with Crippen LogP contribution in [0.25, 0.3) is 48.3 Å². The third kappa shape index (κ3) is 1.74. The second-order valence-corrected chi connectivity index (χ2v) is 3.92. The molecule has 0 bridgehead atoms. The molecule has 8 heteroatoms. The Labute approximate surface area is 122 Å². The van der Waals surface area contributed by atoms with Crippen LogP contribution in [0.1, 0.15) is 0 Å². The Morgan fingerprint density at radius 3 is 2.00 bits per heavy atom. The molecule has 0 N–H and O–H groups in total. The first-order valence-electron chi connectivity index (χ1n) is 5.69. The Hall–Kier alpha value is -4.14. The summed E-state index contributed by atoms with van der Waals surface area (Å²) in [5.41, 5.74) is 0.677. The van der Waals surface area contributed by atoms with Gasteiger partial charge >= 0.3 is 17.1 Å². The van der Waals surface area contributed by atoms with Crippen molar-refractivity contribution in [2.24, 2.45) is 0 Å². The van der Waals surface area contributed by atoms with Crippen LogP contribution in [-0.4, -0.2) is 9.97 Å². The van der Waals surface area contributed by atoms with Crippen LogP contribution >= 0.6 is 0 Å². The summed E-state index contributed by atoms with van der Waals surface area (Å²) in [5, 5.41) is 8.85. The van der Waals surface area contributed by atoms with Crippen LogP contribution in [0.15, 0.2) is 21.0 Å². The van der Waals surface area contributed by atoms with E-state index in [4.69, 9.17) is 33.8 Å². The highest BCUT2D eigenvalue weighted by molar-refractivity contribution is 5.97. The summed E-state index contributed by atoms with van der Waals surface area (Å²) in [6, 6.07) is 4.87. The fraction of sp³-hybridized carbons (Fsp3) is 0. The molecule has 0 amide bonds. The van der Waals surface area contributed by atoms with Gasteiger partial charge in [-0.1, -0.05) is 0 Å². The van der Waals surface area contributed by atoms with Crippen molar-refractivity contribution >= 4 is 33.7 Å². The van der Waals surface area contributed by atoms with E-state index in [1.54, 1.807) is 18.2 Å². The molecular formula is C14H2N6O2. The van der Waals surface area contributed by atoms with Crippen LogP contribution in [-0.2, 0) is 0 Å². The Kier molecular flexibility index (Phi) is 2.78. The summed E-state index contributed by atoms with van der Waals surface area (Å²) in [6.45, 7) is 20.7. The number of benzene rings is 1. The predicted molar refractivity (Wildman–Crippen MR) is 73.1 cm³/mol. The Morgan fingerprint density at radius 1 is 0.955 bits per heavy atom. The monoisotopic (exact) mass is 286 g/mol. The van der Waals surface area contributed by atoms with Gasteiger partial charge < -0.3 is 8.83 Å². The molecule has 0 spiro atoms. The van der Waals surface area contributed by atoms with Crippen molar-refractivity contribution in [2.45, 2.75) is 0 Å². The maximum absolute atomic E-state index is 8.85. The van der Waals surface area contributed by atoms with Crippen molar-refractivity contribution < 1.29 is 8.83 Å². The van der Waals surface area contributed by atoms with Crippen LogP contribution < -0.4 is 11.1 Å². The highest BCUT2D eigenvalue weighted by Crippen LogP contribution is 2.21. The molecule has 0 unspecified atom stereocenters. The molecule has 2 aromatic heterocycles. The number of nitrogens with zero attached hydrogens (tertiary/aromatic N) is 6. The molecule has 100 valence electrons. The fourth-order valence-corrected chi connectivity index (χ4v) is 1.81. The van der Waals surface area contributed by atoms with E-state index in [1.165, 1.54) is 0 Å². The summed E-state index contributed by atoms with van der Waals surface area (Å²) in [6.07, 6.45) is 0. The minimum atomic E-state index is -0.297. The number of hydrogen-bond donors (Lipinski definition) is 0. The van der Waals surface area contributed by atoms with Gasteiger partial charge in [-0.2, -0.15) is 0 Å². The Morgan fingerprint density at radius 2 is 1.50 bits per heavy atom. The zero-order chi connectivity index (χ0) is 15.7. The number of aromatic nitrogens is 2. The van der Waals surface area contributed by atoms with Gasteiger partial charge in [-0.3, -0.25) is 0 Å². The smallest absolute Gasteiger partial charge is 0.442 e. The molecule has 0 radical (unpaired) electrons. The van der Waals surface area contributed by atoms with Crippen molar-refractivity contribution in [1.82, 2.24) is 9.97 Å². The second kappa shape index (κ2) is 4.76. The summed E-state index contributed by atoms with van der Waals surface area (Å²) in [7, 11) is 0. The quantitative estimate of drug-likeness (QED) is 0.583. The van der Waals surface area contributed by atoms with Crippen molar-refractivity contribution in [3.8, 4) is 6.07 Å². The van der Waals surface area contributed by atoms with Crippen molar-refractivity contribution in [3.63, 3.8) is 0 Å². The largest absolute Gasteiger partial charge is 0.582 e. The minimum Gasteiger partial charge on any atom is -0.442 e. The van der Waals surface area contributed by atoms with Crippen LogP contribution in [0.3, 0.4) is 0 Å². The van der Waals surface area contributed by atoms with Gasteiger partial charge in [0.05, 0.1) is 12.6 Å². The number of hydrogen-bond acceptors (Lipinski definition) is 5. The zero-order valence-corrected chi connectivity index (χ0v) is 10.7. The van der Waals surface area contributed by atoms with Gasteiger partial charge in [0, 0.05) is 0 Å². The summed E-state index contributed by atoms with van der Waals surface area (Å²) in [5.74, 6) is -0.297. The number of nitriles is 1. The Bertz CT molecular complexity index is 1090. The van der Waals surface area contributed by atoms with Gasteiger partial charge in [0.1, 0.15) is 24.2 Å². The lowest BCUT2D eigenvalue weighted by Gasteiger charge is -1.85. The lowest BCUT2D eigenvalue weighted by Crippen LogP contribution is -2.02. The number of fused-ring (bicyclic) bond motifs is 3. The molecule has 8 nitrogen and oxygen atoms in total. The molecule has 0 aliphatic carbocycles. The van der Waals surface area contributed by atoms with E-state index < -0.39 is 0 Å². The van der Waals surface area contributed by atoms with E-state index in [1.807, 2.05) is 0 Å². The molecule has 0 saturated carbocycles. The molecule has 2 heterocycles. The third-order valence-electron chi connectivity index (χ3n) is 2.74. The van der Waals surface area contributed by atoms with E-state index in [0.29, 0.717) is 11.0 Å². The van der Waals surface area contributed by atoms with E-state index in [2.05, 4.69) is 24.5 Å². The van der Waals surface area contributed by atoms with Crippen LogP contribution in [0.2, 0.25) is 0 Å². The van der Waals surface area contributed by atoms with E-state index >= 15 is 0 Å². The highest BCUT2D eigenvalue weighted by Gasteiger charge is 2.16. The molecule has 22 heavy (non-hydrogen) atoms. The highest BCUT2D eigenvalue weighted by atomic mass is 16.4. The fourth-order valence-electron chi connectivity index (χ4n) is 1.81. The first-order chi connectivity index (χ1) is 10.7. The van der Waals surface area contributed by atoms with Crippen LogP contribution in [0.5, 0.6) is 0 Å². The van der Waals surface area contributed by atoms with Gasteiger partial charge in [-0.05, 0) is 12.1 Å². The van der Waals surface area contributed by atoms with Crippen molar-refractivity contribution in [1.29, 1.82) is 5.26 Å². The Balaban J connectivity index is 2.50. The van der Waals surface area contributed by atoms with Crippen LogP contribution in [0.4, 0.5) is 0 Å². The van der Waals surface area contributed by atoms with Crippen molar-refractivity contribution in [2.75, 3.05) is 0 Å². The summed E-state index contributed by atoms with van der Waals surface area (Å²) in [4.78, 5) is 17.2. The first-order valence-corrected chi connectivity index (χ1v) is 5.69. The number of rotatable bonds is 0. The molecule has 0 atom stereocenters. The number of oxazole rings is 2. The van der Waals surface area contributed by atoms with E-state index in [-0.39, 0.29) is 33.8 Å². The molecule has 0 saturated heterocycles. The summed E-state index contributed by atoms with van der Waals surface area (Å²) >= 11 is 0. The average molecular weight is 286 g/mol. The molecule has 0 fully saturated rings. The van der Waals surface area contributed by atoms with Crippen molar-refractivity contribution in [3.05, 3.63) is 57.5 Å². The zero-order valence-electron chi connectivity index (χ0n) is 10.7. The minimum absolute atomic E-state index is 0.111. The topological polar surface area (TPSA) is 88.9 Å². The molecule has 1 aromatic carbocycles. The maximum atomic E-state index is 8.85. The standard InChI is InChI=1S/C14H2N6O2/c1-16-9(6-15)13-19-7-4-5-8-11(10(7)21-13)22-14(20-8)12(17-2)18-3/h4-5H/b13-9-. The van der Waals surface area contributed by atoms with E-state index in [0.717, 1.165) is 0 Å². The van der Waals surface area contributed by atoms with E-state index in [9.17, 15) is 0 Å².